The molecule has 240 valence electrons. The van der Waals surface area contributed by atoms with Crippen LogP contribution in [0, 0.1) is 5.92 Å². The van der Waals surface area contributed by atoms with Crippen molar-refractivity contribution in [2.45, 2.75) is 71.4 Å². The Morgan fingerprint density at radius 3 is 2.64 bits per heavy atom. The molecule has 44 heavy (non-hydrogen) atoms. The van der Waals surface area contributed by atoms with Gasteiger partial charge in [-0.1, -0.05) is 32.0 Å². The summed E-state index contributed by atoms with van der Waals surface area (Å²) in [7, 11) is 1.59. The Kier molecular flexibility index (Phi) is 13.8. The van der Waals surface area contributed by atoms with Crippen LogP contribution in [0.25, 0.3) is 0 Å². The second kappa shape index (κ2) is 17.7. The number of para-hydroxylation sites is 1. The number of nitrogens with one attached hydrogen (secondary N) is 4. The monoisotopic (exact) mass is 610 g/mol. The molecule has 2 aromatic carbocycles. The van der Waals surface area contributed by atoms with E-state index in [1.807, 2.05) is 39.0 Å². The summed E-state index contributed by atoms with van der Waals surface area (Å²) in [5.41, 5.74) is 1.32. The maximum atomic E-state index is 13.3. The van der Waals surface area contributed by atoms with Gasteiger partial charge < -0.3 is 35.5 Å². The third-order valence-corrected chi connectivity index (χ3v) is 7.12. The van der Waals surface area contributed by atoms with E-state index in [4.69, 9.17) is 14.2 Å². The largest absolute Gasteiger partial charge is 0.493 e. The van der Waals surface area contributed by atoms with Crippen LogP contribution in [0.3, 0.4) is 0 Å². The van der Waals surface area contributed by atoms with Crippen LogP contribution in [0.4, 0.5) is 0 Å². The molecule has 11 nitrogen and oxygen atoms in total. The highest BCUT2D eigenvalue weighted by Gasteiger charge is 2.26. The minimum atomic E-state index is -0.975. The minimum Gasteiger partial charge on any atom is -0.493 e. The minimum absolute atomic E-state index is 0.0512. The van der Waals surface area contributed by atoms with Gasteiger partial charge >= 0.3 is 0 Å². The number of aryl methyl sites for hydroxylation is 1. The molecule has 1 heterocycles. The predicted octanol–water partition coefficient (Wildman–Crippen LogP) is 3.15. The molecule has 0 saturated carbocycles. The first-order chi connectivity index (χ1) is 21.2. The van der Waals surface area contributed by atoms with Gasteiger partial charge in [0.2, 0.25) is 17.7 Å². The zero-order chi connectivity index (χ0) is 31.9. The second-order valence-corrected chi connectivity index (χ2v) is 11.1. The Morgan fingerprint density at radius 1 is 1.09 bits per heavy atom. The van der Waals surface area contributed by atoms with Gasteiger partial charge in [0.05, 0.1) is 25.9 Å². The molecule has 2 aromatic rings. The molecular formula is C33H46N4O7. The Hall–Kier alpha value is -4.28. The molecule has 4 N–H and O–H groups in total. The van der Waals surface area contributed by atoms with Crippen molar-refractivity contribution in [1.29, 1.82) is 0 Å². The molecule has 0 spiro atoms. The first kappa shape index (κ1) is 34.2. The number of fused-ring (bicyclic) bond motifs is 1. The van der Waals surface area contributed by atoms with E-state index in [1.54, 1.807) is 31.4 Å². The van der Waals surface area contributed by atoms with Crippen LogP contribution < -0.4 is 35.5 Å². The lowest BCUT2D eigenvalue weighted by molar-refractivity contribution is -0.129. The van der Waals surface area contributed by atoms with Crippen LogP contribution in [-0.2, 0) is 20.8 Å². The fraction of sp³-hybridized carbons (Fsp3) is 0.515. The molecule has 1 aliphatic heterocycles. The smallest absolute Gasteiger partial charge is 0.255 e. The van der Waals surface area contributed by atoms with E-state index in [1.165, 1.54) is 0 Å². The van der Waals surface area contributed by atoms with Gasteiger partial charge in [-0.25, -0.2) is 0 Å². The van der Waals surface area contributed by atoms with E-state index in [-0.39, 0.29) is 42.7 Å². The highest BCUT2D eigenvalue weighted by Crippen LogP contribution is 2.28. The molecule has 1 aliphatic rings. The van der Waals surface area contributed by atoms with Crippen molar-refractivity contribution in [3.63, 3.8) is 0 Å². The van der Waals surface area contributed by atoms with Gasteiger partial charge in [-0.3, -0.25) is 19.2 Å². The summed E-state index contributed by atoms with van der Waals surface area (Å²) < 4.78 is 16.9. The lowest BCUT2D eigenvalue weighted by Crippen LogP contribution is -2.49. The number of hydrogen-bond donors (Lipinski definition) is 4. The van der Waals surface area contributed by atoms with E-state index in [2.05, 4.69) is 21.3 Å². The highest BCUT2D eigenvalue weighted by atomic mass is 16.5. The fourth-order valence-electron chi connectivity index (χ4n) is 4.89. The average molecular weight is 611 g/mol. The molecule has 0 aliphatic carbocycles. The molecular weight excluding hydrogens is 564 g/mol. The number of methoxy groups -OCH3 is 1. The number of amides is 4. The lowest BCUT2D eigenvalue weighted by atomic mass is 10.0. The van der Waals surface area contributed by atoms with Crippen LogP contribution in [0.5, 0.6) is 17.2 Å². The summed E-state index contributed by atoms with van der Waals surface area (Å²) in [4.78, 5) is 52.4. The standard InChI is InChI=1S/C33H46N4O7/c1-5-43-28-15-13-23(21-29(28)42-4)10-8-17-34-32(40)25-14-16-30(38)36-26(20-22(2)3)33(41)35-18-9-19-44-27-12-7-6-11-24(27)31(39)37-25/h6-7,11-13,15,21-22,25-26H,5,8-10,14,16-20H2,1-4H3,(H,34,40)(H,35,41)(H,36,38)(H,37,39)/t25-,26?/m0/s1. The first-order valence-electron chi connectivity index (χ1n) is 15.4. The number of rotatable bonds is 10. The molecule has 2 atom stereocenters. The summed E-state index contributed by atoms with van der Waals surface area (Å²) >= 11 is 0. The van der Waals surface area contributed by atoms with Gasteiger partial charge in [-0.15, -0.1) is 0 Å². The van der Waals surface area contributed by atoms with Gasteiger partial charge in [0.25, 0.3) is 5.91 Å². The Morgan fingerprint density at radius 2 is 1.89 bits per heavy atom. The number of carbonyl (C=O) groups is 4. The first-order valence-corrected chi connectivity index (χ1v) is 15.4. The number of benzene rings is 2. The maximum absolute atomic E-state index is 13.3. The maximum Gasteiger partial charge on any atom is 0.255 e. The highest BCUT2D eigenvalue weighted by molar-refractivity contribution is 5.99. The van der Waals surface area contributed by atoms with Crippen molar-refractivity contribution in [1.82, 2.24) is 21.3 Å². The summed E-state index contributed by atoms with van der Waals surface area (Å²) in [5.74, 6) is 0.395. The topological polar surface area (TPSA) is 144 Å². The Labute approximate surface area is 259 Å². The van der Waals surface area contributed by atoms with E-state index >= 15 is 0 Å². The third-order valence-electron chi connectivity index (χ3n) is 7.12. The van der Waals surface area contributed by atoms with Gasteiger partial charge in [-0.2, -0.15) is 0 Å². The Bertz CT molecular complexity index is 1270. The van der Waals surface area contributed by atoms with Crippen molar-refractivity contribution >= 4 is 23.6 Å². The molecule has 11 heteroatoms. The summed E-state index contributed by atoms with van der Waals surface area (Å²) in [6.07, 6.45) is 2.32. The van der Waals surface area contributed by atoms with E-state index in [9.17, 15) is 19.2 Å². The predicted molar refractivity (Wildman–Crippen MR) is 167 cm³/mol. The van der Waals surface area contributed by atoms with Crippen LogP contribution in [0.1, 0.15) is 68.8 Å². The second-order valence-electron chi connectivity index (χ2n) is 11.1. The van der Waals surface area contributed by atoms with Crippen molar-refractivity contribution in [2.75, 3.05) is 33.4 Å². The average Bonchev–Trinajstić information content (AvgIpc) is 3.00. The number of hydrogen-bond acceptors (Lipinski definition) is 7. The normalized spacial score (nSPS) is 18.2. The number of ether oxygens (including phenoxy) is 3. The van der Waals surface area contributed by atoms with Gasteiger partial charge in [0, 0.05) is 19.5 Å². The van der Waals surface area contributed by atoms with Crippen molar-refractivity contribution < 1.29 is 33.4 Å². The molecule has 4 amide bonds. The van der Waals surface area contributed by atoms with Crippen molar-refractivity contribution in [3.05, 3.63) is 53.6 Å². The third kappa shape index (κ3) is 10.8. The SMILES string of the molecule is CCOc1ccc(CCCNC(=O)[C@@H]2CCC(=O)NC(CC(C)C)C(=O)NCCCOc3ccccc3C(=O)N2)cc1OC. The Balaban J connectivity index is 1.70. The zero-order valence-corrected chi connectivity index (χ0v) is 26.2. The van der Waals surface area contributed by atoms with E-state index < -0.39 is 23.9 Å². The fourth-order valence-corrected chi connectivity index (χ4v) is 4.89. The molecule has 0 aromatic heterocycles. The lowest BCUT2D eigenvalue weighted by Gasteiger charge is -2.22. The summed E-state index contributed by atoms with van der Waals surface area (Å²) in [5, 5.41) is 11.4. The van der Waals surface area contributed by atoms with Crippen LogP contribution in [-0.4, -0.2) is 69.1 Å². The van der Waals surface area contributed by atoms with E-state index in [0.717, 1.165) is 5.56 Å². The van der Waals surface area contributed by atoms with Crippen LogP contribution in [0.15, 0.2) is 42.5 Å². The molecule has 1 unspecified atom stereocenters. The van der Waals surface area contributed by atoms with Crippen LogP contribution >= 0.6 is 0 Å². The molecule has 0 radical (unpaired) electrons. The molecule has 3 rings (SSSR count). The van der Waals surface area contributed by atoms with Crippen molar-refractivity contribution in [2.24, 2.45) is 5.92 Å². The summed E-state index contributed by atoms with van der Waals surface area (Å²) in [6.45, 7) is 7.41. The quantitative estimate of drug-likeness (QED) is 0.303. The molecule has 0 bridgehead atoms. The summed E-state index contributed by atoms with van der Waals surface area (Å²) in [6, 6.07) is 10.9. The zero-order valence-electron chi connectivity index (χ0n) is 26.2. The van der Waals surface area contributed by atoms with Gasteiger partial charge in [-0.05, 0) is 74.8 Å². The van der Waals surface area contributed by atoms with Crippen LogP contribution in [0.2, 0.25) is 0 Å². The van der Waals surface area contributed by atoms with Gasteiger partial charge in [0.15, 0.2) is 11.5 Å². The van der Waals surface area contributed by atoms with Crippen molar-refractivity contribution in [3.8, 4) is 17.2 Å². The van der Waals surface area contributed by atoms with Gasteiger partial charge in [0.1, 0.15) is 17.8 Å². The van der Waals surface area contributed by atoms with E-state index in [0.29, 0.717) is 62.6 Å². The molecule has 0 fully saturated rings. The molecule has 0 saturated heterocycles. The number of carbonyl (C=O) groups excluding carboxylic acids is 4.